The summed E-state index contributed by atoms with van der Waals surface area (Å²) in [7, 11) is 0. The molecular weight excluding hydrogens is 336 g/mol. The number of carbonyl (C=O) groups is 3. The first kappa shape index (κ1) is 16.9. The monoisotopic (exact) mass is 358 g/mol. The van der Waals surface area contributed by atoms with Gasteiger partial charge >= 0.3 is 5.97 Å². The van der Waals surface area contributed by atoms with Crippen molar-refractivity contribution < 1.29 is 24.2 Å². The number of hydrogen-bond acceptors (Lipinski definition) is 4. The van der Waals surface area contributed by atoms with Crippen LogP contribution in [-0.4, -0.2) is 47.0 Å². The SMILES string of the molecule is O=C(O)C1CC1C(=O)N1CCCCC1C(=O)Nc1ccc2c(c1)CCO2. The third-order valence-electron chi connectivity index (χ3n) is 5.47. The maximum atomic E-state index is 12.8. The molecule has 2 amide bonds. The third-order valence-corrected chi connectivity index (χ3v) is 5.47. The second kappa shape index (κ2) is 6.63. The van der Waals surface area contributed by atoms with Crippen LogP contribution in [0.1, 0.15) is 31.2 Å². The first-order valence-corrected chi connectivity index (χ1v) is 9.14. The molecule has 0 bridgehead atoms. The van der Waals surface area contributed by atoms with Gasteiger partial charge in [0.15, 0.2) is 0 Å². The molecule has 1 aliphatic carbocycles. The van der Waals surface area contributed by atoms with Crippen LogP contribution >= 0.6 is 0 Å². The van der Waals surface area contributed by atoms with Crippen molar-refractivity contribution in [2.24, 2.45) is 11.8 Å². The van der Waals surface area contributed by atoms with Gasteiger partial charge in [0.2, 0.25) is 11.8 Å². The van der Waals surface area contributed by atoms with E-state index in [1.165, 1.54) is 0 Å². The molecule has 26 heavy (non-hydrogen) atoms. The Morgan fingerprint density at radius 3 is 2.81 bits per heavy atom. The van der Waals surface area contributed by atoms with Gasteiger partial charge < -0.3 is 20.1 Å². The van der Waals surface area contributed by atoms with E-state index in [2.05, 4.69) is 5.32 Å². The highest BCUT2D eigenvalue weighted by Crippen LogP contribution is 2.41. The smallest absolute Gasteiger partial charge is 0.307 e. The number of nitrogens with one attached hydrogen (secondary N) is 1. The largest absolute Gasteiger partial charge is 0.493 e. The third kappa shape index (κ3) is 3.13. The minimum absolute atomic E-state index is 0.195. The molecule has 7 nitrogen and oxygen atoms in total. The summed E-state index contributed by atoms with van der Waals surface area (Å²) in [5.41, 5.74) is 1.77. The number of carboxylic acids is 1. The van der Waals surface area contributed by atoms with Gasteiger partial charge in [0.1, 0.15) is 11.8 Å². The molecule has 0 aromatic heterocycles. The number of benzene rings is 1. The van der Waals surface area contributed by atoms with Crippen LogP contribution in [0.4, 0.5) is 5.69 Å². The molecule has 3 atom stereocenters. The van der Waals surface area contributed by atoms with E-state index in [4.69, 9.17) is 9.84 Å². The summed E-state index contributed by atoms with van der Waals surface area (Å²) in [6, 6.07) is 5.04. The first-order valence-electron chi connectivity index (χ1n) is 9.14. The Morgan fingerprint density at radius 1 is 1.19 bits per heavy atom. The maximum absolute atomic E-state index is 12.8. The summed E-state index contributed by atoms with van der Waals surface area (Å²) in [4.78, 5) is 38.1. The Balaban J connectivity index is 1.45. The molecule has 7 heteroatoms. The lowest BCUT2D eigenvalue weighted by Crippen LogP contribution is -2.50. The summed E-state index contributed by atoms with van der Waals surface area (Å²) in [5.74, 6) is -1.54. The highest BCUT2D eigenvalue weighted by atomic mass is 16.5. The molecule has 1 aromatic rings. The molecular formula is C19H22N2O5. The van der Waals surface area contributed by atoms with Gasteiger partial charge in [-0.2, -0.15) is 0 Å². The van der Waals surface area contributed by atoms with E-state index in [-0.39, 0.29) is 11.8 Å². The Labute approximate surface area is 151 Å². The average Bonchev–Trinajstić information content (AvgIpc) is 3.32. The standard InChI is InChI=1S/C19H22N2O5/c22-17(20-12-4-5-16-11(9-12)6-8-26-16)15-3-1-2-7-21(15)18(23)13-10-14(13)19(24)25/h4-5,9,13-15H,1-3,6-8,10H2,(H,20,22)(H,24,25). The number of hydrogen-bond donors (Lipinski definition) is 2. The lowest BCUT2D eigenvalue weighted by Gasteiger charge is -2.35. The van der Waals surface area contributed by atoms with Crippen LogP contribution in [0.25, 0.3) is 0 Å². The van der Waals surface area contributed by atoms with E-state index in [0.717, 1.165) is 30.6 Å². The van der Waals surface area contributed by atoms with Crippen molar-refractivity contribution in [2.75, 3.05) is 18.5 Å². The Hall–Kier alpha value is -2.57. The number of aliphatic carboxylic acids is 1. The van der Waals surface area contributed by atoms with Gasteiger partial charge in [0.05, 0.1) is 18.4 Å². The van der Waals surface area contributed by atoms with Crippen LogP contribution in [0.5, 0.6) is 5.75 Å². The predicted molar refractivity (Wildman–Crippen MR) is 92.9 cm³/mol. The molecule has 0 radical (unpaired) electrons. The van der Waals surface area contributed by atoms with E-state index in [1.807, 2.05) is 12.1 Å². The zero-order valence-electron chi connectivity index (χ0n) is 14.4. The Kier molecular flexibility index (Phi) is 4.30. The highest BCUT2D eigenvalue weighted by molar-refractivity contribution is 5.99. The van der Waals surface area contributed by atoms with Crippen molar-refractivity contribution in [1.29, 1.82) is 0 Å². The number of piperidine rings is 1. The van der Waals surface area contributed by atoms with Crippen molar-refractivity contribution >= 4 is 23.5 Å². The van der Waals surface area contributed by atoms with E-state index in [9.17, 15) is 14.4 Å². The first-order chi connectivity index (χ1) is 12.5. The van der Waals surface area contributed by atoms with Crippen LogP contribution in [-0.2, 0) is 20.8 Å². The summed E-state index contributed by atoms with van der Waals surface area (Å²) in [6.45, 7) is 1.17. The van der Waals surface area contributed by atoms with Gasteiger partial charge in [0.25, 0.3) is 0 Å². The minimum atomic E-state index is -0.929. The predicted octanol–water partition coefficient (Wildman–Crippen LogP) is 1.66. The number of rotatable bonds is 4. The van der Waals surface area contributed by atoms with Gasteiger partial charge in [0, 0.05) is 18.7 Å². The molecule has 2 aliphatic heterocycles. The van der Waals surface area contributed by atoms with Gasteiger partial charge in [-0.3, -0.25) is 14.4 Å². The quantitative estimate of drug-likeness (QED) is 0.853. The minimum Gasteiger partial charge on any atom is -0.493 e. The van der Waals surface area contributed by atoms with Crippen LogP contribution in [0, 0.1) is 11.8 Å². The molecule has 3 unspecified atom stereocenters. The highest BCUT2D eigenvalue weighted by Gasteiger charge is 2.51. The van der Waals surface area contributed by atoms with Gasteiger partial charge in [-0.05, 0) is 49.4 Å². The number of anilines is 1. The number of carbonyl (C=O) groups excluding carboxylic acids is 2. The number of amides is 2. The van der Waals surface area contributed by atoms with Gasteiger partial charge in [-0.15, -0.1) is 0 Å². The molecule has 1 aromatic carbocycles. The fourth-order valence-electron chi connectivity index (χ4n) is 3.91. The fraction of sp³-hybridized carbons (Fsp3) is 0.526. The number of ether oxygens (including phenoxy) is 1. The molecule has 2 heterocycles. The van der Waals surface area contributed by atoms with Crippen molar-refractivity contribution in [3.05, 3.63) is 23.8 Å². The molecule has 2 N–H and O–H groups in total. The van der Waals surface area contributed by atoms with E-state index in [0.29, 0.717) is 31.7 Å². The van der Waals surface area contributed by atoms with E-state index < -0.39 is 23.8 Å². The van der Waals surface area contributed by atoms with Crippen LogP contribution in [0.3, 0.4) is 0 Å². The van der Waals surface area contributed by atoms with Crippen molar-refractivity contribution in [3.8, 4) is 5.75 Å². The normalized spacial score (nSPS) is 26.6. The molecule has 1 saturated carbocycles. The second-order valence-corrected chi connectivity index (χ2v) is 7.24. The average molecular weight is 358 g/mol. The van der Waals surface area contributed by atoms with Crippen molar-refractivity contribution in [1.82, 2.24) is 4.90 Å². The number of nitrogens with zero attached hydrogens (tertiary/aromatic N) is 1. The number of fused-ring (bicyclic) bond motifs is 1. The molecule has 3 aliphatic rings. The molecule has 4 rings (SSSR count). The lowest BCUT2D eigenvalue weighted by atomic mass is 10.00. The maximum Gasteiger partial charge on any atom is 0.307 e. The zero-order valence-corrected chi connectivity index (χ0v) is 14.4. The summed E-state index contributed by atoms with van der Waals surface area (Å²) >= 11 is 0. The van der Waals surface area contributed by atoms with Crippen molar-refractivity contribution in [2.45, 2.75) is 38.1 Å². The molecule has 0 spiro atoms. The fourth-order valence-corrected chi connectivity index (χ4v) is 3.91. The number of carboxylic acid groups (broad SMARTS) is 1. The lowest BCUT2D eigenvalue weighted by molar-refractivity contribution is -0.145. The Morgan fingerprint density at radius 2 is 2.04 bits per heavy atom. The Bertz CT molecular complexity index is 762. The van der Waals surface area contributed by atoms with Crippen molar-refractivity contribution in [3.63, 3.8) is 0 Å². The summed E-state index contributed by atoms with van der Waals surface area (Å²) < 4.78 is 5.47. The van der Waals surface area contributed by atoms with E-state index in [1.54, 1.807) is 11.0 Å². The topological polar surface area (TPSA) is 95.9 Å². The summed E-state index contributed by atoms with van der Waals surface area (Å²) in [5, 5.41) is 12.0. The molecule has 2 fully saturated rings. The zero-order chi connectivity index (χ0) is 18.3. The van der Waals surface area contributed by atoms with Gasteiger partial charge in [-0.1, -0.05) is 0 Å². The van der Waals surface area contributed by atoms with Gasteiger partial charge in [-0.25, -0.2) is 0 Å². The molecule has 1 saturated heterocycles. The molecule has 138 valence electrons. The second-order valence-electron chi connectivity index (χ2n) is 7.24. The van der Waals surface area contributed by atoms with Crippen LogP contribution < -0.4 is 10.1 Å². The van der Waals surface area contributed by atoms with E-state index >= 15 is 0 Å². The summed E-state index contributed by atoms with van der Waals surface area (Å²) in [6.07, 6.45) is 3.54. The van der Waals surface area contributed by atoms with Crippen LogP contribution in [0.2, 0.25) is 0 Å². The van der Waals surface area contributed by atoms with Crippen LogP contribution in [0.15, 0.2) is 18.2 Å². The number of likely N-dealkylation sites (tertiary alicyclic amines) is 1.